The van der Waals surface area contributed by atoms with Gasteiger partial charge in [-0.2, -0.15) is 0 Å². The second-order valence-corrected chi connectivity index (χ2v) is 6.45. The normalized spacial score (nSPS) is 11.0. The fraction of sp³-hybridized carbons (Fsp3) is 0.250. The Kier molecular flexibility index (Phi) is 6.61. The van der Waals surface area contributed by atoms with Crippen LogP contribution >= 0.6 is 31.9 Å². The molecule has 0 aromatic heterocycles. The summed E-state index contributed by atoms with van der Waals surface area (Å²) in [5, 5.41) is 0. The molecule has 2 aromatic rings. The van der Waals surface area contributed by atoms with Gasteiger partial charge in [0.2, 0.25) is 0 Å². The van der Waals surface area contributed by atoms with Gasteiger partial charge >= 0.3 is 0 Å². The molecule has 7 heteroatoms. The van der Waals surface area contributed by atoms with Crippen molar-refractivity contribution in [1.29, 1.82) is 0 Å². The fourth-order valence-corrected chi connectivity index (χ4v) is 2.44. The number of benzene rings is 2. The Balaban J connectivity index is 1.80. The maximum absolute atomic E-state index is 13.3. The van der Waals surface area contributed by atoms with Crippen LogP contribution in [-0.2, 0) is 17.6 Å². The Morgan fingerprint density at radius 2 is 0.957 bits per heavy atom. The van der Waals surface area contributed by atoms with Crippen LogP contribution in [0.2, 0.25) is 0 Å². The molecule has 0 amide bonds. The van der Waals surface area contributed by atoms with Crippen LogP contribution in [0.4, 0.5) is 17.6 Å². The summed E-state index contributed by atoms with van der Waals surface area (Å²) in [6.07, 6.45) is 0.675. The van der Waals surface area contributed by atoms with Gasteiger partial charge in [-0.25, -0.2) is 17.6 Å². The summed E-state index contributed by atoms with van der Waals surface area (Å²) in [5.74, 6) is -2.66. The van der Waals surface area contributed by atoms with E-state index in [1.165, 1.54) is 24.3 Å². The Morgan fingerprint density at radius 3 is 1.26 bits per heavy atom. The lowest BCUT2D eigenvalue weighted by atomic mass is 10.1. The molecule has 0 aliphatic carbocycles. The fourth-order valence-electron chi connectivity index (χ4n) is 1.99. The lowest BCUT2D eigenvalue weighted by molar-refractivity contribution is 0.140. The second-order valence-electron chi connectivity index (χ2n) is 4.86. The summed E-state index contributed by atoms with van der Waals surface area (Å²) in [5.41, 5.74) is 0.952. The van der Waals surface area contributed by atoms with E-state index in [-0.39, 0.29) is 22.2 Å². The Hall–Kier alpha value is -0.920. The SMILES string of the molecule is Fc1cc(CCOCCc2cc(F)c(Br)c(F)c2)cc(F)c1Br. The molecular weight excluding hydrogens is 444 g/mol. The van der Waals surface area contributed by atoms with Gasteiger partial charge in [0.25, 0.3) is 0 Å². The van der Waals surface area contributed by atoms with Crippen molar-refractivity contribution in [1.82, 2.24) is 0 Å². The molecule has 0 aliphatic rings. The van der Waals surface area contributed by atoms with Crippen molar-refractivity contribution < 1.29 is 22.3 Å². The zero-order valence-corrected chi connectivity index (χ0v) is 15.0. The molecule has 0 unspecified atom stereocenters. The second kappa shape index (κ2) is 8.26. The van der Waals surface area contributed by atoms with Crippen molar-refractivity contribution in [2.75, 3.05) is 13.2 Å². The van der Waals surface area contributed by atoms with Crippen LogP contribution in [0.15, 0.2) is 33.2 Å². The molecule has 1 nitrogen and oxygen atoms in total. The zero-order valence-electron chi connectivity index (χ0n) is 11.8. The van der Waals surface area contributed by atoms with Gasteiger partial charge < -0.3 is 4.74 Å². The third kappa shape index (κ3) is 5.02. The van der Waals surface area contributed by atoms with Crippen LogP contribution in [0.3, 0.4) is 0 Å². The molecule has 0 radical (unpaired) electrons. The largest absolute Gasteiger partial charge is 0.381 e. The highest BCUT2D eigenvalue weighted by Crippen LogP contribution is 2.22. The first-order chi connectivity index (χ1) is 10.9. The molecule has 23 heavy (non-hydrogen) atoms. The minimum atomic E-state index is -0.666. The van der Waals surface area contributed by atoms with Crippen LogP contribution in [0.1, 0.15) is 11.1 Å². The molecule has 2 aromatic carbocycles. The summed E-state index contributed by atoms with van der Waals surface area (Å²) < 4.78 is 58.3. The zero-order chi connectivity index (χ0) is 17.0. The Morgan fingerprint density at radius 1 is 0.652 bits per heavy atom. The molecule has 0 N–H and O–H groups in total. The van der Waals surface area contributed by atoms with Crippen molar-refractivity contribution >= 4 is 31.9 Å². The molecule has 124 valence electrons. The highest BCUT2D eigenvalue weighted by atomic mass is 79.9. The van der Waals surface area contributed by atoms with Crippen LogP contribution in [0, 0.1) is 23.3 Å². The van der Waals surface area contributed by atoms with Crippen LogP contribution in [0.5, 0.6) is 0 Å². The van der Waals surface area contributed by atoms with Gasteiger partial charge in [0.1, 0.15) is 23.3 Å². The van der Waals surface area contributed by atoms with Gasteiger partial charge in [-0.1, -0.05) is 0 Å². The summed E-state index contributed by atoms with van der Waals surface area (Å²) in [6, 6.07) is 4.93. The van der Waals surface area contributed by atoms with Gasteiger partial charge in [0.15, 0.2) is 0 Å². The van der Waals surface area contributed by atoms with E-state index in [1.54, 1.807) is 0 Å². The average Bonchev–Trinajstić information content (AvgIpc) is 2.49. The van der Waals surface area contributed by atoms with Crippen LogP contribution < -0.4 is 0 Å². The number of hydrogen-bond donors (Lipinski definition) is 0. The maximum Gasteiger partial charge on any atom is 0.140 e. The molecule has 0 atom stereocenters. The van der Waals surface area contributed by atoms with Gasteiger partial charge in [0, 0.05) is 0 Å². The summed E-state index contributed by atoms with van der Waals surface area (Å²) >= 11 is 5.61. The Bertz CT molecular complexity index is 601. The van der Waals surface area contributed by atoms with Crippen LogP contribution in [0.25, 0.3) is 0 Å². The summed E-state index contributed by atoms with van der Waals surface area (Å²) in [6.45, 7) is 0.504. The molecule has 0 heterocycles. The smallest absolute Gasteiger partial charge is 0.140 e. The lowest BCUT2D eigenvalue weighted by Gasteiger charge is -2.07. The lowest BCUT2D eigenvalue weighted by Crippen LogP contribution is -2.04. The first-order valence-corrected chi connectivity index (χ1v) is 8.31. The standard InChI is InChI=1S/C16H12Br2F4O/c17-15-11(19)5-9(6-12(15)20)1-3-23-4-2-10-7-13(21)16(18)14(22)8-10/h5-8H,1-4H2. The molecule has 0 spiro atoms. The van der Waals surface area contributed by atoms with Crippen molar-refractivity contribution in [2.45, 2.75) is 12.8 Å². The topological polar surface area (TPSA) is 9.23 Å². The van der Waals surface area contributed by atoms with Crippen molar-refractivity contribution in [3.05, 3.63) is 67.6 Å². The minimum Gasteiger partial charge on any atom is -0.381 e. The molecule has 0 saturated heterocycles. The third-order valence-corrected chi connectivity index (χ3v) is 4.67. The van der Waals surface area contributed by atoms with E-state index in [9.17, 15) is 17.6 Å². The molecule has 0 bridgehead atoms. The maximum atomic E-state index is 13.3. The van der Waals surface area contributed by atoms with Gasteiger partial charge in [0.05, 0.1) is 22.2 Å². The minimum absolute atomic E-state index is 0.193. The molecule has 0 saturated carbocycles. The molecule has 2 rings (SSSR count). The Labute approximate surface area is 147 Å². The molecule has 0 fully saturated rings. The van der Waals surface area contributed by atoms with Crippen molar-refractivity contribution in [3.8, 4) is 0 Å². The van der Waals surface area contributed by atoms with E-state index in [1.807, 2.05) is 0 Å². The summed E-state index contributed by atoms with van der Waals surface area (Å²) in [7, 11) is 0. The number of ether oxygens (including phenoxy) is 1. The first kappa shape index (κ1) is 18.4. The predicted molar refractivity (Wildman–Crippen MR) is 86.3 cm³/mol. The average molecular weight is 456 g/mol. The number of rotatable bonds is 6. The quantitative estimate of drug-likeness (QED) is 0.314. The van der Waals surface area contributed by atoms with E-state index >= 15 is 0 Å². The summed E-state index contributed by atoms with van der Waals surface area (Å²) in [4.78, 5) is 0. The highest BCUT2D eigenvalue weighted by molar-refractivity contribution is 9.10. The predicted octanol–water partition coefficient (Wildman–Crippen LogP) is 5.57. The van der Waals surface area contributed by atoms with Crippen molar-refractivity contribution in [2.24, 2.45) is 0 Å². The molecular formula is C16H12Br2F4O. The van der Waals surface area contributed by atoms with E-state index < -0.39 is 23.3 Å². The van der Waals surface area contributed by atoms with Gasteiger partial charge in [-0.3, -0.25) is 0 Å². The van der Waals surface area contributed by atoms with Crippen molar-refractivity contribution in [3.63, 3.8) is 0 Å². The van der Waals surface area contributed by atoms with E-state index in [4.69, 9.17) is 4.74 Å². The highest BCUT2D eigenvalue weighted by Gasteiger charge is 2.09. The first-order valence-electron chi connectivity index (χ1n) is 6.73. The van der Waals surface area contributed by atoms with E-state index in [0.717, 1.165) is 0 Å². The number of hydrogen-bond acceptors (Lipinski definition) is 1. The van der Waals surface area contributed by atoms with Crippen LogP contribution in [-0.4, -0.2) is 13.2 Å². The third-order valence-electron chi connectivity index (χ3n) is 3.16. The van der Waals surface area contributed by atoms with E-state index in [2.05, 4.69) is 31.9 Å². The van der Waals surface area contributed by atoms with E-state index in [0.29, 0.717) is 24.0 Å². The number of halogens is 6. The molecule has 0 aliphatic heterocycles. The van der Waals surface area contributed by atoms with Gasteiger partial charge in [-0.15, -0.1) is 0 Å². The van der Waals surface area contributed by atoms with Gasteiger partial charge in [-0.05, 0) is 80.1 Å². The monoisotopic (exact) mass is 454 g/mol.